The third-order valence-electron chi connectivity index (χ3n) is 4.63. The first-order chi connectivity index (χ1) is 16.4. The maximum absolute atomic E-state index is 13.8. The van der Waals surface area contributed by atoms with Crippen molar-refractivity contribution in [1.82, 2.24) is 0 Å². The maximum atomic E-state index is 13.8. The van der Waals surface area contributed by atoms with Crippen LogP contribution >= 0.6 is 24.0 Å². The lowest BCUT2D eigenvalue weighted by molar-refractivity contribution is 0.324. The van der Waals surface area contributed by atoms with Gasteiger partial charge in [-0.1, -0.05) is 36.4 Å². The number of ether oxygens (including phenoxy) is 1. The molecule has 0 amide bonds. The molecule has 10 heteroatoms. The Kier molecular flexibility index (Phi) is 12.5. The molecule has 0 saturated heterocycles. The van der Waals surface area contributed by atoms with Crippen molar-refractivity contribution in [3.8, 4) is 0 Å². The van der Waals surface area contributed by atoms with Gasteiger partial charge in [0.25, 0.3) is 6.02 Å². The number of rotatable bonds is 5. The van der Waals surface area contributed by atoms with Gasteiger partial charge in [0.05, 0.1) is 5.69 Å². The van der Waals surface area contributed by atoms with E-state index in [1.54, 1.807) is 56.0 Å². The number of nitrogen functional groups attached to an aromatic ring is 1. The quantitative estimate of drug-likeness (QED) is 0.114. The molecular weight excluding hydrogens is 487 g/mol. The van der Waals surface area contributed by atoms with Crippen LogP contribution < -0.4 is 15.9 Å². The highest BCUT2D eigenvalue weighted by Gasteiger charge is 2.31. The van der Waals surface area contributed by atoms with Gasteiger partial charge >= 0.3 is 0 Å². The van der Waals surface area contributed by atoms with E-state index in [-0.39, 0.29) is 24.1 Å². The molecule has 0 unspecified atom stereocenters. The third-order valence-corrected chi connectivity index (χ3v) is 5.78. The van der Waals surface area contributed by atoms with Gasteiger partial charge in [-0.2, -0.15) is 4.47 Å². The molecule has 1 aliphatic rings. The Labute approximate surface area is 215 Å². The van der Waals surface area contributed by atoms with Gasteiger partial charge in [0.2, 0.25) is 0 Å². The molecule has 0 saturated carbocycles. The number of hydrogen-bond acceptors (Lipinski definition) is 9. The summed E-state index contributed by atoms with van der Waals surface area (Å²) >= 11 is 2.01. The van der Waals surface area contributed by atoms with Crippen LogP contribution in [0.2, 0.25) is 0 Å². The smallest absolute Gasteiger partial charge is 0.288 e. The largest absolute Gasteiger partial charge is 0.431 e. The van der Waals surface area contributed by atoms with E-state index in [0.29, 0.717) is 27.2 Å². The molecule has 0 radical (unpaired) electrons. The number of nitrogens with zero attached hydrogens (tertiary/aromatic N) is 2. The molecule has 0 aromatic heterocycles. The first-order valence-electron chi connectivity index (χ1n) is 10.4. The van der Waals surface area contributed by atoms with Crippen LogP contribution in [0.25, 0.3) is 0 Å². The highest BCUT2D eigenvalue weighted by Crippen LogP contribution is 2.34. The van der Waals surface area contributed by atoms with Gasteiger partial charge in [0.1, 0.15) is 29.3 Å². The summed E-state index contributed by atoms with van der Waals surface area (Å²) < 4.78 is 28.1. The molecule has 0 aliphatic carbocycles. The summed E-state index contributed by atoms with van der Waals surface area (Å²) in [5.74, 6) is 0.214. The summed E-state index contributed by atoms with van der Waals surface area (Å²) in [5, 5.41) is 8.97. The average molecular weight is 521 g/mol. The molecule has 0 bridgehead atoms. The molecule has 35 heavy (non-hydrogen) atoms. The number of anilines is 2. The second-order valence-electron chi connectivity index (χ2n) is 7.60. The monoisotopic (exact) mass is 520 g/mol. The summed E-state index contributed by atoms with van der Waals surface area (Å²) in [6.07, 6.45) is 7.55. The molecule has 190 valence electrons. The van der Waals surface area contributed by atoms with E-state index in [4.69, 9.17) is 26.0 Å². The van der Waals surface area contributed by atoms with Gasteiger partial charge in [-0.3, -0.25) is 5.21 Å². The number of aliphatic imine (C=N–C) groups is 1. The highest BCUT2D eigenvalue weighted by atomic mass is 32.2. The van der Waals surface area contributed by atoms with Crippen LogP contribution in [-0.2, 0) is 10.3 Å². The minimum atomic E-state index is -0.883. The summed E-state index contributed by atoms with van der Waals surface area (Å²) in [4.78, 5) is 5.44. The van der Waals surface area contributed by atoms with Crippen molar-refractivity contribution in [1.29, 1.82) is 0 Å². The van der Waals surface area contributed by atoms with Gasteiger partial charge in [-0.25, -0.2) is 9.38 Å². The molecule has 0 spiro atoms. The molecule has 2 aromatic rings. The number of aryl methyl sites for hydroxylation is 1. The van der Waals surface area contributed by atoms with E-state index in [2.05, 4.69) is 24.8 Å². The van der Waals surface area contributed by atoms with Crippen molar-refractivity contribution in [3.05, 3.63) is 94.9 Å². The summed E-state index contributed by atoms with van der Waals surface area (Å²) in [5.41, 5.74) is 12.9. The fourth-order valence-corrected chi connectivity index (χ4v) is 3.34. The van der Waals surface area contributed by atoms with Crippen LogP contribution in [0.15, 0.2) is 82.9 Å². The SMILES string of the molecule is C=C/C=C(\C)SC.CC1=C[C@@](C)(c2cc(N)ccc2F)N=C(N)O1.Cc1ccc(N(O)SO)cc1. The molecule has 2 aromatic carbocycles. The van der Waals surface area contributed by atoms with E-state index in [0.717, 1.165) is 5.56 Å². The third kappa shape index (κ3) is 10.1. The second kappa shape index (κ2) is 14.5. The first kappa shape index (κ1) is 30.1. The van der Waals surface area contributed by atoms with E-state index in [1.165, 1.54) is 17.0 Å². The number of benzene rings is 2. The van der Waals surface area contributed by atoms with E-state index < -0.39 is 5.54 Å². The molecule has 0 fully saturated rings. The number of allylic oxidation sites excluding steroid dienone is 4. The minimum absolute atomic E-state index is 0.0225. The van der Waals surface area contributed by atoms with Crippen LogP contribution in [0.1, 0.15) is 31.9 Å². The summed E-state index contributed by atoms with van der Waals surface area (Å²) in [6.45, 7) is 11.1. The molecule has 7 nitrogen and oxygen atoms in total. The Hall–Kier alpha value is -2.92. The van der Waals surface area contributed by atoms with Crippen molar-refractivity contribution < 1.29 is 18.9 Å². The van der Waals surface area contributed by atoms with Crippen LogP contribution in [0.3, 0.4) is 0 Å². The lowest BCUT2D eigenvalue weighted by atomic mass is 9.90. The zero-order valence-corrected chi connectivity index (χ0v) is 22.2. The van der Waals surface area contributed by atoms with Crippen LogP contribution in [0, 0.1) is 12.7 Å². The fraction of sp³-hybridized carbons (Fsp3) is 0.240. The van der Waals surface area contributed by atoms with Gasteiger partial charge < -0.3 is 20.8 Å². The van der Waals surface area contributed by atoms with Crippen LogP contribution in [-0.4, -0.2) is 22.0 Å². The van der Waals surface area contributed by atoms with Crippen molar-refractivity contribution in [2.45, 2.75) is 33.2 Å². The molecule has 1 aliphatic heterocycles. The normalized spacial score (nSPS) is 16.9. The van der Waals surface area contributed by atoms with E-state index in [1.807, 2.05) is 25.1 Å². The minimum Gasteiger partial charge on any atom is -0.431 e. The van der Waals surface area contributed by atoms with Crippen LogP contribution in [0.4, 0.5) is 15.8 Å². The maximum Gasteiger partial charge on any atom is 0.288 e. The Morgan fingerprint density at radius 3 is 2.31 bits per heavy atom. The topological polar surface area (TPSA) is 117 Å². The van der Waals surface area contributed by atoms with Crippen molar-refractivity contribution in [2.24, 2.45) is 10.7 Å². The summed E-state index contributed by atoms with van der Waals surface area (Å²) in [6, 6.07) is 11.6. The standard InChI is InChI=1S/C12H14FN3O.C7H9NO2S.C6H10S/c1-7-6-12(2,16-11(15)17-7)9-5-8(14)3-4-10(9)13;1-6-2-4-7(5-3-6)8(9)11-10;1-4-5-6(2)7-3/h3-6H,14H2,1-2H3,(H2,15,16);2-5,9-10H,1H3;4-5H,1H2,2-3H3/b;;6-5+/t12-;;/m0../s1. The lowest BCUT2D eigenvalue weighted by Crippen LogP contribution is -2.30. The average Bonchev–Trinajstić information content (AvgIpc) is 2.80. The Morgan fingerprint density at radius 1 is 1.20 bits per heavy atom. The Bertz CT molecular complexity index is 1050. The number of hydrogen-bond donors (Lipinski definition) is 4. The number of halogens is 1. The van der Waals surface area contributed by atoms with Crippen molar-refractivity contribution >= 4 is 41.4 Å². The molecule has 1 heterocycles. The number of thioether (sulfide) groups is 1. The van der Waals surface area contributed by atoms with Gasteiger partial charge in [-0.05, 0) is 75.3 Å². The summed E-state index contributed by atoms with van der Waals surface area (Å²) in [7, 11) is 0. The van der Waals surface area contributed by atoms with Crippen molar-refractivity contribution in [2.75, 3.05) is 16.5 Å². The van der Waals surface area contributed by atoms with Gasteiger partial charge in [-0.15, -0.1) is 11.8 Å². The molecule has 6 N–H and O–H groups in total. The van der Waals surface area contributed by atoms with Gasteiger partial charge in [0, 0.05) is 11.3 Å². The number of nitrogens with two attached hydrogens (primary N) is 2. The highest BCUT2D eigenvalue weighted by molar-refractivity contribution is 8.02. The molecule has 1 atom stereocenters. The second-order valence-corrected chi connectivity index (χ2v) is 9.16. The number of amidine groups is 1. The van der Waals surface area contributed by atoms with Gasteiger partial charge in [0.15, 0.2) is 0 Å². The van der Waals surface area contributed by atoms with Crippen molar-refractivity contribution in [3.63, 3.8) is 0 Å². The Morgan fingerprint density at radius 2 is 1.83 bits per heavy atom. The predicted octanol–water partition coefficient (Wildman–Crippen LogP) is 6.62. The van der Waals surface area contributed by atoms with Crippen LogP contribution in [0.5, 0.6) is 0 Å². The first-order valence-corrected chi connectivity index (χ1v) is 12.4. The Balaban J connectivity index is 0.000000293. The van der Waals surface area contributed by atoms with E-state index in [9.17, 15) is 4.39 Å². The predicted molar refractivity (Wildman–Crippen MR) is 148 cm³/mol. The zero-order chi connectivity index (χ0) is 26.6. The fourth-order valence-electron chi connectivity index (χ4n) is 2.90. The molecular formula is C25H33FN4O3S2. The molecule has 3 rings (SSSR count). The lowest BCUT2D eigenvalue weighted by Gasteiger charge is -2.27. The van der Waals surface area contributed by atoms with E-state index >= 15 is 0 Å². The zero-order valence-electron chi connectivity index (χ0n) is 20.5.